The van der Waals surface area contributed by atoms with Crippen molar-refractivity contribution in [3.8, 4) is 21.3 Å². The molecule has 0 saturated heterocycles. The Morgan fingerprint density at radius 3 is 2.31 bits per heavy atom. The molecule has 0 unspecified atom stereocenters. The van der Waals surface area contributed by atoms with Crippen molar-refractivity contribution < 1.29 is 14.3 Å². The highest BCUT2D eigenvalue weighted by molar-refractivity contribution is 7.15. The molecule has 26 heavy (non-hydrogen) atoms. The monoisotopic (exact) mass is 364 g/mol. The molecule has 0 aliphatic carbocycles. The van der Waals surface area contributed by atoms with Crippen molar-refractivity contribution in [2.45, 2.75) is 20.5 Å². The van der Waals surface area contributed by atoms with Gasteiger partial charge in [-0.15, -0.1) is 0 Å². The van der Waals surface area contributed by atoms with Crippen LogP contribution in [0.4, 0.5) is 0 Å². The van der Waals surface area contributed by atoms with Gasteiger partial charge in [0, 0.05) is 6.08 Å². The zero-order valence-corrected chi connectivity index (χ0v) is 15.6. The van der Waals surface area contributed by atoms with Crippen molar-refractivity contribution in [2.75, 3.05) is 0 Å². The number of aryl methyl sites for hydroxylation is 2. The molecule has 0 aliphatic heterocycles. The Morgan fingerprint density at radius 1 is 1.00 bits per heavy atom. The highest BCUT2D eigenvalue weighted by Crippen LogP contribution is 2.32. The third kappa shape index (κ3) is 4.21. The second-order valence-corrected chi connectivity index (χ2v) is 6.96. The topological polar surface area (TPSA) is 35.5 Å². The molecular weight excluding hydrogens is 344 g/mol. The van der Waals surface area contributed by atoms with Crippen LogP contribution in [0.25, 0.3) is 11.1 Å². The molecule has 4 heteroatoms. The van der Waals surface area contributed by atoms with Gasteiger partial charge in [0.05, 0.1) is 0 Å². The lowest BCUT2D eigenvalue weighted by molar-refractivity contribution is -0.128. The number of carbonyl (C=O) groups is 1. The number of ether oxygens (including phenoxy) is 2. The van der Waals surface area contributed by atoms with Gasteiger partial charge < -0.3 is 9.47 Å². The summed E-state index contributed by atoms with van der Waals surface area (Å²) < 4.78 is 10.8. The lowest BCUT2D eigenvalue weighted by atomic mass is 9.95. The molecule has 0 bridgehead atoms. The van der Waals surface area contributed by atoms with Gasteiger partial charge in [0.25, 0.3) is 0 Å². The van der Waals surface area contributed by atoms with Crippen molar-refractivity contribution >= 4 is 17.3 Å². The van der Waals surface area contributed by atoms with Gasteiger partial charge in [0.15, 0.2) is 10.1 Å². The molecule has 132 valence electrons. The number of rotatable bonds is 6. The van der Waals surface area contributed by atoms with Gasteiger partial charge in [-0.05, 0) is 53.8 Å². The zero-order valence-electron chi connectivity index (χ0n) is 14.8. The molecule has 3 nitrogen and oxygen atoms in total. The van der Waals surface area contributed by atoms with Gasteiger partial charge in [0.1, 0.15) is 6.61 Å². The van der Waals surface area contributed by atoms with E-state index in [2.05, 4.69) is 62.9 Å². The minimum absolute atomic E-state index is 0.461. The van der Waals surface area contributed by atoms with E-state index in [-0.39, 0.29) is 0 Å². The summed E-state index contributed by atoms with van der Waals surface area (Å²) in [5.74, 6) is -0.472. The fraction of sp³-hybridized carbons (Fsp3) is 0.136. The minimum atomic E-state index is -0.472. The first-order chi connectivity index (χ1) is 12.6. The van der Waals surface area contributed by atoms with Crippen LogP contribution in [0.15, 0.2) is 67.3 Å². The SMILES string of the molecule is C=CC(=O)Oc1ccc(OCc2ccc(-c3c(C)cccc3C)cc2)s1. The van der Waals surface area contributed by atoms with Gasteiger partial charge in [0.2, 0.25) is 0 Å². The maximum absolute atomic E-state index is 11.2. The predicted octanol–water partition coefficient (Wildman–Crippen LogP) is 5.70. The van der Waals surface area contributed by atoms with E-state index in [1.165, 1.54) is 33.6 Å². The Morgan fingerprint density at radius 2 is 1.65 bits per heavy atom. The Kier molecular flexibility index (Phi) is 5.54. The largest absolute Gasteiger partial charge is 0.479 e. The number of hydrogen-bond donors (Lipinski definition) is 0. The number of benzene rings is 2. The summed E-state index contributed by atoms with van der Waals surface area (Å²) in [5.41, 5.74) is 6.12. The fourth-order valence-electron chi connectivity index (χ4n) is 2.77. The van der Waals surface area contributed by atoms with E-state index < -0.39 is 5.97 Å². The highest BCUT2D eigenvalue weighted by atomic mass is 32.1. The van der Waals surface area contributed by atoms with E-state index in [1.807, 2.05) is 0 Å². The summed E-state index contributed by atoms with van der Waals surface area (Å²) in [6, 6.07) is 18.3. The highest BCUT2D eigenvalue weighted by Gasteiger charge is 2.07. The van der Waals surface area contributed by atoms with Crippen LogP contribution < -0.4 is 9.47 Å². The van der Waals surface area contributed by atoms with E-state index in [4.69, 9.17) is 9.47 Å². The van der Waals surface area contributed by atoms with Crippen molar-refractivity contribution in [3.63, 3.8) is 0 Å². The Labute approximate surface area is 157 Å². The molecule has 0 radical (unpaired) electrons. The van der Waals surface area contributed by atoms with Crippen LogP contribution in [-0.4, -0.2) is 5.97 Å². The van der Waals surface area contributed by atoms with E-state index in [1.54, 1.807) is 12.1 Å². The number of thiophene rings is 1. The molecule has 0 fully saturated rings. The van der Waals surface area contributed by atoms with Crippen molar-refractivity contribution in [3.05, 3.63) is 83.9 Å². The summed E-state index contributed by atoms with van der Waals surface area (Å²) in [6.45, 7) is 8.10. The van der Waals surface area contributed by atoms with Crippen LogP contribution in [0.1, 0.15) is 16.7 Å². The molecule has 1 heterocycles. The number of hydrogen-bond acceptors (Lipinski definition) is 4. The Hall–Kier alpha value is -2.85. The maximum atomic E-state index is 11.2. The summed E-state index contributed by atoms with van der Waals surface area (Å²) in [6.07, 6.45) is 1.14. The first kappa shape index (κ1) is 18.0. The van der Waals surface area contributed by atoms with E-state index in [0.29, 0.717) is 16.7 Å². The van der Waals surface area contributed by atoms with E-state index >= 15 is 0 Å². The average molecular weight is 364 g/mol. The molecule has 0 aliphatic rings. The maximum Gasteiger partial charge on any atom is 0.336 e. The van der Waals surface area contributed by atoms with Gasteiger partial charge in [-0.3, -0.25) is 0 Å². The first-order valence-electron chi connectivity index (χ1n) is 8.29. The van der Waals surface area contributed by atoms with Crippen LogP contribution in [0.3, 0.4) is 0 Å². The number of esters is 1. The minimum Gasteiger partial charge on any atom is -0.479 e. The third-order valence-corrected chi connectivity index (χ3v) is 4.91. The van der Waals surface area contributed by atoms with Gasteiger partial charge in [-0.1, -0.05) is 60.4 Å². The summed E-state index contributed by atoms with van der Waals surface area (Å²) in [5, 5.41) is 1.20. The second-order valence-electron chi connectivity index (χ2n) is 5.95. The average Bonchev–Trinajstić information content (AvgIpc) is 3.08. The number of carbonyl (C=O) groups excluding carboxylic acids is 1. The molecular formula is C22H20O3S. The fourth-order valence-corrected chi connectivity index (χ4v) is 3.48. The second kappa shape index (κ2) is 8.02. The standard InChI is InChI=1S/C22H20O3S/c1-4-19(23)25-21-13-12-20(26-21)24-14-17-8-10-18(11-9-17)22-15(2)6-5-7-16(22)3/h4-13H,1,14H2,2-3H3. The quantitative estimate of drug-likeness (QED) is 0.415. The first-order valence-corrected chi connectivity index (χ1v) is 9.11. The zero-order chi connectivity index (χ0) is 18.5. The molecule has 3 aromatic rings. The summed E-state index contributed by atoms with van der Waals surface area (Å²) in [7, 11) is 0. The predicted molar refractivity (Wildman–Crippen MR) is 106 cm³/mol. The molecule has 0 amide bonds. The normalized spacial score (nSPS) is 10.4. The van der Waals surface area contributed by atoms with Gasteiger partial charge in [-0.25, -0.2) is 4.79 Å². The molecule has 3 rings (SSSR count). The van der Waals surface area contributed by atoms with E-state index in [0.717, 1.165) is 11.6 Å². The summed E-state index contributed by atoms with van der Waals surface area (Å²) >= 11 is 1.29. The van der Waals surface area contributed by atoms with E-state index in [9.17, 15) is 4.79 Å². The molecule has 0 N–H and O–H groups in total. The van der Waals surface area contributed by atoms with Crippen LogP contribution >= 0.6 is 11.3 Å². The Balaban J connectivity index is 1.65. The van der Waals surface area contributed by atoms with Crippen molar-refractivity contribution in [2.24, 2.45) is 0 Å². The van der Waals surface area contributed by atoms with Gasteiger partial charge >= 0.3 is 5.97 Å². The lowest BCUT2D eigenvalue weighted by Gasteiger charge is -2.11. The summed E-state index contributed by atoms with van der Waals surface area (Å²) in [4.78, 5) is 11.2. The van der Waals surface area contributed by atoms with Crippen LogP contribution in [0, 0.1) is 13.8 Å². The smallest absolute Gasteiger partial charge is 0.336 e. The Bertz CT molecular complexity index is 903. The molecule has 0 saturated carbocycles. The molecule has 1 aromatic heterocycles. The van der Waals surface area contributed by atoms with Gasteiger partial charge in [-0.2, -0.15) is 0 Å². The third-order valence-electron chi connectivity index (χ3n) is 4.03. The lowest BCUT2D eigenvalue weighted by Crippen LogP contribution is -2.00. The van der Waals surface area contributed by atoms with Crippen molar-refractivity contribution in [1.82, 2.24) is 0 Å². The van der Waals surface area contributed by atoms with Crippen LogP contribution in [0.2, 0.25) is 0 Å². The van der Waals surface area contributed by atoms with Crippen LogP contribution in [-0.2, 0) is 11.4 Å². The molecule has 0 spiro atoms. The van der Waals surface area contributed by atoms with Crippen molar-refractivity contribution in [1.29, 1.82) is 0 Å². The molecule has 2 aromatic carbocycles. The van der Waals surface area contributed by atoms with Crippen LogP contribution in [0.5, 0.6) is 10.1 Å². The molecule has 0 atom stereocenters.